The number of nitriles is 1. The van der Waals surface area contributed by atoms with Crippen molar-refractivity contribution >= 4 is 17.6 Å². The fraction of sp³-hybridized carbons (Fsp3) is 0. The molecule has 0 spiro atoms. The fourth-order valence-electron chi connectivity index (χ4n) is 1.75. The van der Waals surface area contributed by atoms with Gasteiger partial charge in [0.15, 0.2) is 0 Å². The monoisotopic (exact) mass is 299 g/mol. The zero-order valence-electron chi connectivity index (χ0n) is 10.8. The van der Waals surface area contributed by atoms with Gasteiger partial charge in [-0.15, -0.1) is 0 Å². The second-order valence-corrected chi connectivity index (χ2v) is 4.60. The van der Waals surface area contributed by atoms with Crippen molar-refractivity contribution in [2.24, 2.45) is 0 Å². The Balaban J connectivity index is 2.51. The van der Waals surface area contributed by atoms with Crippen LogP contribution in [0.2, 0.25) is 5.02 Å². The minimum Gasteiger partial charge on any atom is -0.475 e. The molecule has 104 valence electrons. The Morgan fingerprint density at radius 1 is 1.29 bits per heavy atom. The number of ether oxygens (including phenoxy) is 1. The van der Waals surface area contributed by atoms with Gasteiger partial charge in [0.05, 0.1) is 11.6 Å². The number of hydrogen-bond donors (Lipinski definition) is 1. The van der Waals surface area contributed by atoms with E-state index >= 15 is 0 Å². The number of aliphatic carboxylic acids is 1. The molecule has 0 radical (unpaired) electrons. The predicted molar refractivity (Wildman–Crippen MR) is 79.0 cm³/mol. The first-order valence-corrected chi connectivity index (χ1v) is 6.29. The average Bonchev–Trinajstić information content (AvgIpc) is 2.49. The Bertz CT molecular complexity index is 762. The lowest BCUT2D eigenvalue weighted by atomic mass is 10.0. The Kier molecular flexibility index (Phi) is 4.27. The summed E-state index contributed by atoms with van der Waals surface area (Å²) < 4.78 is 5.25. The zero-order chi connectivity index (χ0) is 15.4. The fourth-order valence-corrected chi connectivity index (χ4v) is 1.92. The quantitative estimate of drug-likeness (QED) is 0.687. The zero-order valence-corrected chi connectivity index (χ0v) is 11.6. The van der Waals surface area contributed by atoms with Gasteiger partial charge >= 0.3 is 5.97 Å². The van der Waals surface area contributed by atoms with Crippen LogP contribution in [-0.4, -0.2) is 11.1 Å². The summed E-state index contributed by atoms with van der Waals surface area (Å²) in [5.74, 6) is -1.33. The average molecular weight is 300 g/mol. The summed E-state index contributed by atoms with van der Waals surface area (Å²) in [6, 6.07) is 13.7. The molecule has 0 aromatic heterocycles. The molecule has 0 bridgehead atoms. The highest BCUT2D eigenvalue weighted by Crippen LogP contribution is 2.34. The third-order valence-electron chi connectivity index (χ3n) is 2.72. The van der Waals surface area contributed by atoms with Crippen molar-refractivity contribution in [1.82, 2.24) is 0 Å². The Hall–Kier alpha value is -2.77. The van der Waals surface area contributed by atoms with Gasteiger partial charge in [-0.05, 0) is 42.5 Å². The maximum absolute atomic E-state index is 10.8. The second kappa shape index (κ2) is 6.12. The van der Waals surface area contributed by atoms with Crippen LogP contribution in [0.25, 0.3) is 11.1 Å². The van der Waals surface area contributed by atoms with E-state index in [9.17, 15) is 4.79 Å². The molecule has 0 aliphatic carbocycles. The minimum absolute atomic E-state index is 0.307. The largest absolute Gasteiger partial charge is 0.475 e. The van der Waals surface area contributed by atoms with Gasteiger partial charge in [0.1, 0.15) is 5.75 Å². The van der Waals surface area contributed by atoms with Crippen LogP contribution in [0.4, 0.5) is 0 Å². The van der Waals surface area contributed by atoms with Crippen LogP contribution in [0.3, 0.4) is 0 Å². The van der Waals surface area contributed by atoms with Crippen LogP contribution < -0.4 is 4.74 Å². The van der Waals surface area contributed by atoms with Gasteiger partial charge in [-0.1, -0.05) is 23.7 Å². The van der Waals surface area contributed by atoms with E-state index in [1.54, 1.807) is 42.5 Å². The van der Waals surface area contributed by atoms with Crippen LogP contribution in [-0.2, 0) is 4.79 Å². The molecule has 5 heteroatoms. The molecule has 0 amide bonds. The number of rotatable bonds is 4. The van der Waals surface area contributed by atoms with Gasteiger partial charge in [-0.3, -0.25) is 0 Å². The van der Waals surface area contributed by atoms with Crippen LogP contribution in [0, 0.1) is 11.3 Å². The number of halogens is 1. The summed E-state index contributed by atoms with van der Waals surface area (Å²) >= 11 is 5.98. The van der Waals surface area contributed by atoms with E-state index in [-0.39, 0.29) is 0 Å². The van der Waals surface area contributed by atoms with Crippen LogP contribution in [0.15, 0.2) is 54.8 Å². The highest BCUT2D eigenvalue weighted by atomic mass is 35.5. The molecule has 0 heterocycles. The third-order valence-corrected chi connectivity index (χ3v) is 2.95. The molecule has 4 nitrogen and oxygen atoms in total. The minimum atomic E-state index is -1.25. The molecule has 0 aliphatic rings. The highest BCUT2D eigenvalue weighted by Gasteiger charge is 2.13. The summed E-state index contributed by atoms with van der Waals surface area (Å²) in [5.41, 5.74) is 1.77. The lowest BCUT2D eigenvalue weighted by Crippen LogP contribution is -2.06. The molecule has 0 aliphatic heterocycles. The molecule has 0 saturated heterocycles. The van der Waals surface area contributed by atoms with Gasteiger partial charge in [0.2, 0.25) is 5.76 Å². The first-order valence-electron chi connectivity index (χ1n) is 5.91. The molecule has 0 unspecified atom stereocenters. The van der Waals surface area contributed by atoms with Gasteiger partial charge in [-0.2, -0.15) is 5.26 Å². The summed E-state index contributed by atoms with van der Waals surface area (Å²) in [6.45, 7) is 3.33. The first-order chi connectivity index (χ1) is 10.0. The van der Waals surface area contributed by atoms with Crippen molar-refractivity contribution in [2.45, 2.75) is 0 Å². The molecule has 0 saturated carbocycles. The van der Waals surface area contributed by atoms with Crippen molar-refractivity contribution in [1.29, 1.82) is 5.26 Å². The van der Waals surface area contributed by atoms with Crippen molar-refractivity contribution in [3.05, 3.63) is 65.4 Å². The lowest BCUT2D eigenvalue weighted by Gasteiger charge is -2.11. The standard InChI is InChI=1S/C16H10ClNO3/c1-10(16(19)20)21-15-6-5-13(17)8-14(15)12-4-2-3-11(7-12)9-18/h2-8H,1H2,(H,19,20). The topological polar surface area (TPSA) is 70.3 Å². The highest BCUT2D eigenvalue weighted by molar-refractivity contribution is 6.31. The van der Waals surface area contributed by atoms with Crippen LogP contribution in [0.5, 0.6) is 5.75 Å². The Morgan fingerprint density at radius 3 is 2.71 bits per heavy atom. The van der Waals surface area contributed by atoms with E-state index in [1.807, 2.05) is 6.07 Å². The smallest absolute Gasteiger partial charge is 0.371 e. The number of nitrogens with zero attached hydrogens (tertiary/aromatic N) is 1. The van der Waals surface area contributed by atoms with Crippen LogP contribution >= 0.6 is 11.6 Å². The predicted octanol–water partition coefficient (Wildman–Crippen LogP) is 3.86. The van der Waals surface area contributed by atoms with Crippen molar-refractivity contribution in [3.8, 4) is 22.9 Å². The van der Waals surface area contributed by atoms with Gasteiger partial charge < -0.3 is 9.84 Å². The molecule has 2 aromatic carbocycles. The van der Waals surface area contributed by atoms with Gasteiger partial charge in [0.25, 0.3) is 0 Å². The Labute approximate surface area is 126 Å². The number of benzene rings is 2. The maximum Gasteiger partial charge on any atom is 0.371 e. The molecule has 1 N–H and O–H groups in total. The number of carboxylic acid groups (broad SMARTS) is 1. The van der Waals surface area contributed by atoms with Crippen molar-refractivity contribution in [2.75, 3.05) is 0 Å². The summed E-state index contributed by atoms with van der Waals surface area (Å²) in [4.78, 5) is 10.8. The lowest BCUT2D eigenvalue weighted by molar-refractivity contribution is -0.135. The van der Waals surface area contributed by atoms with Crippen molar-refractivity contribution in [3.63, 3.8) is 0 Å². The summed E-state index contributed by atoms with van der Waals surface area (Å²) in [7, 11) is 0. The van der Waals surface area contributed by atoms with E-state index < -0.39 is 11.7 Å². The van der Waals surface area contributed by atoms with Crippen molar-refractivity contribution < 1.29 is 14.6 Å². The Morgan fingerprint density at radius 2 is 2.05 bits per heavy atom. The molecular weight excluding hydrogens is 290 g/mol. The number of carboxylic acids is 1. The summed E-state index contributed by atoms with van der Waals surface area (Å²) in [5, 5.41) is 18.3. The number of carbonyl (C=O) groups is 1. The van der Waals surface area contributed by atoms with Crippen LogP contribution in [0.1, 0.15) is 5.56 Å². The first kappa shape index (κ1) is 14.6. The number of hydrogen-bond acceptors (Lipinski definition) is 3. The van der Waals surface area contributed by atoms with E-state index in [1.165, 1.54) is 0 Å². The van der Waals surface area contributed by atoms with E-state index in [2.05, 4.69) is 6.58 Å². The van der Waals surface area contributed by atoms with Gasteiger partial charge in [-0.25, -0.2) is 4.79 Å². The second-order valence-electron chi connectivity index (χ2n) is 4.16. The molecular formula is C16H10ClNO3. The van der Waals surface area contributed by atoms with Gasteiger partial charge in [0, 0.05) is 10.6 Å². The normalized spacial score (nSPS) is 9.71. The molecule has 21 heavy (non-hydrogen) atoms. The van der Waals surface area contributed by atoms with E-state index in [4.69, 9.17) is 26.7 Å². The SMILES string of the molecule is C=C(Oc1ccc(Cl)cc1-c1cccc(C#N)c1)C(=O)O. The maximum atomic E-state index is 10.8. The van der Waals surface area contributed by atoms with E-state index in [0.29, 0.717) is 27.5 Å². The third kappa shape index (κ3) is 3.41. The molecule has 0 atom stereocenters. The van der Waals surface area contributed by atoms with E-state index in [0.717, 1.165) is 0 Å². The molecule has 0 fully saturated rings. The molecule has 2 rings (SSSR count). The molecule has 2 aromatic rings. The summed E-state index contributed by atoms with van der Waals surface area (Å²) in [6.07, 6.45) is 0.